The van der Waals surface area contributed by atoms with E-state index >= 15 is 0 Å². The van der Waals surface area contributed by atoms with E-state index in [0.717, 1.165) is 6.42 Å². The quantitative estimate of drug-likeness (QED) is 0.276. The second-order valence-corrected chi connectivity index (χ2v) is 5.93. The van der Waals surface area contributed by atoms with Crippen LogP contribution >= 0.6 is 22.6 Å². The molecule has 126 valence electrons. The molecule has 0 heterocycles. The first-order valence-corrected chi connectivity index (χ1v) is 8.26. The van der Waals surface area contributed by atoms with Crippen molar-refractivity contribution in [3.05, 3.63) is 21.3 Å². The molecule has 8 heteroatoms. The van der Waals surface area contributed by atoms with Gasteiger partial charge in [0.05, 0.1) is 16.4 Å². The topological polar surface area (TPSA) is 100 Å². The lowest BCUT2D eigenvalue weighted by atomic mass is 10.2. The molecule has 0 aliphatic rings. The average molecular weight is 433 g/mol. The Balaban J connectivity index is 2.71. The van der Waals surface area contributed by atoms with Gasteiger partial charge >= 0.3 is 11.8 Å². The molecule has 0 bridgehead atoms. The van der Waals surface area contributed by atoms with Gasteiger partial charge in [-0.1, -0.05) is 6.92 Å². The van der Waals surface area contributed by atoms with Crippen LogP contribution in [0, 0.1) is 3.57 Å². The van der Waals surface area contributed by atoms with E-state index in [1.165, 1.54) is 6.21 Å². The first-order chi connectivity index (χ1) is 10.9. The number of hydrazone groups is 1. The van der Waals surface area contributed by atoms with E-state index in [9.17, 15) is 14.7 Å². The summed E-state index contributed by atoms with van der Waals surface area (Å²) < 4.78 is 5.91. The number of carbonyl (C=O) groups excluding carboxylic acids is 2. The van der Waals surface area contributed by atoms with Gasteiger partial charge in [0.25, 0.3) is 0 Å². The monoisotopic (exact) mass is 433 g/mol. The van der Waals surface area contributed by atoms with Crippen molar-refractivity contribution in [3.8, 4) is 11.5 Å². The van der Waals surface area contributed by atoms with Crippen LogP contribution in [0.3, 0.4) is 0 Å². The summed E-state index contributed by atoms with van der Waals surface area (Å²) in [5, 5.41) is 16.1. The Hall–Kier alpha value is -1.84. The highest BCUT2D eigenvalue weighted by molar-refractivity contribution is 14.1. The molecule has 0 saturated carbocycles. The summed E-state index contributed by atoms with van der Waals surface area (Å²) in [6.07, 6.45) is 2.10. The van der Waals surface area contributed by atoms with E-state index in [1.54, 1.807) is 12.1 Å². The second-order valence-electron chi connectivity index (χ2n) is 4.76. The lowest BCUT2D eigenvalue weighted by molar-refractivity contribution is -0.139. The molecule has 1 rings (SSSR count). The van der Waals surface area contributed by atoms with Crippen molar-refractivity contribution in [1.82, 2.24) is 10.7 Å². The van der Waals surface area contributed by atoms with Crippen molar-refractivity contribution in [3.63, 3.8) is 0 Å². The summed E-state index contributed by atoms with van der Waals surface area (Å²) in [5.74, 6) is -1.17. The number of phenolic OH excluding ortho intramolecular Hbond substituents is 1. The van der Waals surface area contributed by atoms with Crippen molar-refractivity contribution in [1.29, 1.82) is 0 Å². The molecule has 2 amide bonds. The molecule has 0 unspecified atom stereocenters. The van der Waals surface area contributed by atoms with Gasteiger partial charge in [-0.15, -0.1) is 0 Å². The SMILES string of the molecule is CCOc1cc(/C=N\NC(=O)C(=O)N[C@@H](C)CC)cc(I)c1O. The molecule has 0 aliphatic heterocycles. The van der Waals surface area contributed by atoms with Gasteiger partial charge in [0.15, 0.2) is 11.5 Å². The molecular weight excluding hydrogens is 413 g/mol. The number of halogens is 1. The number of amides is 2. The molecule has 3 N–H and O–H groups in total. The number of hydrogen-bond donors (Lipinski definition) is 3. The van der Waals surface area contributed by atoms with E-state index < -0.39 is 11.8 Å². The standard InChI is InChI=1S/C15H20IN3O4/c1-4-9(3)18-14(21)15(22)19-17-8-10-6-11(16)13(20)12(7-10)23-5-2/h6-9,20H,4-5H2,1-3H3,(H,18,21)(H,19,22)/b17-8-/t9-/m0/s1. The van der Waals surface area contributed by atoms with Crippen LogP contribution in [-0.2, 0) is 9.59 Å². The van der Waals surface area contributed by atoms with Gasteiger partial charge in [-0.2, -0.15) is 5.10 Å². The number of benzene rings is 1. The summed E-state index contributed by atoms with van der Waals surface area (Å²) in [5.41, 5.74) is 2.78. The van der Waals surface area contributed by atoms with Crippen LogP contribution in [0.25, 0.3) is 0 Å². The predicted molar refractivity (Wildman–Crippen MR) is 95.6 cm³/mol. The molecule has 1 aromatic rings. The van der Waals surface area contributed by atoms with Gasteiger partial charge in [-0.3, -0.25) is 9.59 Å². The van der Waals surface area contributed by atoms with Crippen molar-refractivity contribution in [2.45, 2.75) is 33.2 Å². The Labute approximate surface area is 148 Å². The maximum Gasteiger partial charge on any atom is 0.329 e. The van der Waals surface area contributed by atoms with Crippen LogP contribution in [0.15, 0.2) is 17.2 Å². The number of phenols is 1. The summed E-state index contributed by atoms with van der Waals surface area (Å²) in [6, 6.07) is 3.19. The second kappa shape index (κ2) is 9.33. The van der Waals surface area contributed by atoms with Gasteiger partial charge in [0, 0.05) is 6.04 Å². The number of nitrogens with one attached hydrogen (secondary N) is 2. The van der Waals surface area contributed by atoms with Crippen LogP contribution in [0.1, 0.15) is 32.8 Å². The van der Waals surface area contributed by atoms with E-state index in [2.05, 4.69) is 15.8 Å². The molecule has 1 aromatic carbocycles. The highest BCUT2D eigenvalue weighted by Gasteiger charge is 2.14. The number of ether oxygens (including phenoxy) is 1. The van der Waals surface area contributed by atoms with Crippen LogP contribution < -0.4 is 15.5 Å². The molecule has 0 radical (unpaired) electrons. The first kappa shape index (κ1) is 19.2. The Bertz CT molecular complexity index is 605. The Morgan fingerprint density at radius 3 is 2.70 bits per heavy atom. The van der Waals surface area contributed by atoms with E-state index in [0.29, 0.717) is 21.5 Å². The number of nitrogens with zero attached hydrogens (tertiary/aromatic N) is 1. The van der Waals surface area contributed by atoms with Gasteiger partial charge in [-0.25, -0.2) is 5.43 Å². The minimum absolute atomic E-state index is 0.0570. The third-order valence-electron chi connectivity index (χ3n) is 2.93. The van der Waals surface area contributed by atoms with Crippen molar-refractivity contribution >= 4 is 40.6 Å². The fourth-order valence-electron chi connectivity index (χ4n) is 1.54. The fourth-order valence-corrected chi connectivity index (χ4v) is 2.17. The highest BCUT2D eigenvalue weighted by atomic mass is 127. The maximum atomic E-state index is 11.6. The highest BCUT2D eigenvalue weighted by Crippen LogP contribution is 2.32. The Morgan fingerprint density at radius 1 is 1.39 bits per heavy atom. The fraction of sp³-hybridized carbons (Fsp3) is 0.400. The average Bonchev–Trinajstić information content (AvgIpc) is 2.51. The van der Waals surface area contributed by atoms with Crippen LogP contribution in [0.2, 0.25) is 0 Å². The normalized spacial score (nSPS) is 12.0. The zero-order chi connectivity index (χ0) is 17.4. The molecular formula is C15H20IN3O4. The molecule has 0 spiro atoms. The number of aromatic hydroxyl groups is 1. The zero-order valence-corrected chi connectivity index (χ0v) is 15.4. The number of carbonyl (C=O) groups is 2. The third kappa shape index (κ3) is 6.05. The molecule has 0 saturated heterocycles. The van der Waals surface area contributed by atoms with Gasteiger partial charge in [0.2, 0.25) is 0 Å². The van der Waals surface area contributed by atoms with Crippen molar-refractivity contribution in [2.24, 2.45) is 5.10 Å². The van der Waals surface area contributed by atoms with Crippen LogP contribution in [0.4, 0.5) is 0 Å². The van der Waals surface area contributed by atoms with E-state index in [-0.39, 0.29) is 11.8 Å². The molecule has 0 aromatic heterocycles. The summed E-state index contributed by atoms with van der Waals surface area (Å²) in [4.78, 5) is 23.1. The lowest BCUT2D eigenvalue weighted by Gasteiger charge is -2.10. The minimum atomic E-state index is -0.833. The maximum absolute atomic E-state index is 11.6. The zero-order valence-electron chi connectivity index (χ0n) is 13.2. The summed E-state index contributed by atoms with van der Waals surface area (Å²) >= 11 is 1.97. The number of hydrogen-bond acceptors (Lipinski definition) is 5. The van der Waals surface area contributed by atoms with E-state index in [4.69, 9.17) is 4.74 Å². The van der Waals surface area contributed by atoms with Crippen molar-refractivity contribution < 1.29 is 19.4 Å². The molecule has 23 heavy (non-hydrogen) atoms. The lowest BCUT2D eigenvalue weighted by Crippen LogP contribution is -2.41. The summed E-state index contributed by atoms with van der Waals surface area (Å²) in [6.45, 7) is 5.94. The Kier molecular flexibility index (Phi) is 7.79. The van der Waals surface area contributed by atoms with Crippen LogP contribution in [0.5, 0.6) is 11.5 Å². The van der Waals surface area contributed by atoms with Crippen molar-refractivity contribution in [2.75, 3.05) is 6.61 Å². The van der Waals surface area contributed by atoms with E-state index in [1.807, 2.05) is 43.4 Å². The summed E-state index contributed by atoms with van der Waals surface area (Å²) in [7, 11) is 0. The largest absolute Gasteiger partial charge is 0.504 e. The van der Waals surface area contributed by atoms with Crippen LogP contribution in [-0.4, -0.2) is 35.8 Å². The minimum Gasteiger partial charge on any atom is -0.504 e. The van der Waals surface area contributed by atoms with Gasteiger partial charge in [-0.05, 0) is 60.6 Å². The van der Waals surface area contributed by atoms with Gasteiger partial charge in [0.1, 0.15) is 0 Å². The first-order valence-electron chi connectivity index (χ1n) is 7.18. The smallest absolute Gasteiger partial charge is 0.329 e. The molecule has 0 aliphatic carbocycles. The molecule has 1 atom stereocenters. The molecule has 0 fully saturated rings. The molecule has 7 nitrogen and oxygen atoms in total. The number of rotatable bonds is 6. The third-order valence-corrected chi connectivity index (χ3v) is 3.75. The predicted octanol–water partition coefficient (Wildman–Crippen LogP) is 1.76. The van der Waals surface area contributed by atoms with Gasteiger partial charge < -0.3 is 15.2 Å². The Morgan fingerprint density at radius 2 is 2.09 bits per heavy atom.